The van der Waals surface area contributed by atoms with E-state index in [2.05, 4.69) is 18.6 Å². The number of methoxy groups -OCH3 is 1. The van der Waals surface area contributed by atoms with Crippen LogP contribution in [-0.4, -0.2) is 32.5 Å². The van der Waals surface area contributed by atoms with Gasteiger partial charge in [0, 0.05) is 6.42 Å². The van der Waals surface area contributed by atoms with E-state index in [0.717, 1.165) is 70.6 Å². The summed E-state index contributed by atoms with van der Waals surface area (Å²) in [5.74, 6) is 0.229. The summed E-state index contributed by atoms with van der Waals surface area (Å²) in [5, 5.41) is -0.135. The van der Waals surface area contributed by atoms with Gasteiger partial charge >= 0.3 is 5.97 Å². The quantitative estimate of drug-likeness (QED) is 0.165. The van der Waals surface area contributed by atoms with E-state index in [1.54, 1.807) is 0 Å². The van der Waals surface area contributed by atoms with Crippen molar-refractivity contribution in [2.24, 2.45) is 0 Å². The zero-order valence-electron chi connectivity index (χ0n) is 18.8. The van der Waals surface area contributed by atoms with Crippen molar-refractivity contribution in [1.29, 1.82) is 0 Å². The van der Waals surface area contributed by atoms with E-state index in [1.165, 1.54) is 39.2 Å². The summed E-state index contributed by atoms with van der Waals surface area (Å²) >= 11 is 0. The average Bonchev–Trinajstić information content (AvgIpc) is 2.68. The summed E-state index contributed by atoms with van der Waals surface area (Å²) in [6.45, 7) is 4.27. The lowest BCUT2D eigenvalue weighted by Crippen LogP contribution is -2.24. The molecule has 0 radical (unpaired) electrons. The molecule has 0 spiro atoms. The minimum atomic E-state index is -2.95. The monoisotopic (exact) mass is 418 g/mol. The Hall–Kier alpha value is -0.580. The van der Waals surface area contributed by atoms with E-state index in [0.29, 0.717) is 12.2 Å². The summed E-state index contributed by atoms with van der Waals surface area (Å²) in [6, 6.07) is 0. The number of carbonyl (C=O) groups is 1. The maximum absolute atomic E-state index is 12.7. The second-order valence-electron chi connectivity index (χ2n) is 8.14. The molecular weight excluding hydrogens is 372 g/mol. The molecule has 0 aromatic heterocycles. The second-order valence-corrected chi connectivity index (χ2v) is 10.5. The number of carbonyl (C=O) groups excluding carboxylic acids is 1. The summed E-state index contributed by atoms with van der Waals surface area (Å²) in [6.07, 6.45) is 17.4. The highest BCUT2D eigenvalue weighted by Gasteiger charge is 2.23. The minimum absolute atomic E-state index is 0.130. The molecule has 0 aromatic rings. The Morgan fingerprint density at radius 1 is 0.714 bits per heavy atom. The molecule has 0 saturated carbocycles. The highest BCUT2D eigenvalue weighted by atomic mass is 32.2. The third-order valence-electron chi connectivity index (χ3n) is 5.55. The van der Waals surface area contributed by atoms with Crippen LogP contribution in [0, 0.1) is 0 Å². The summed E-state index contributed by atoms with van der Waals surface area (Å²) < 4.78 is 30.1. The van der Waals surface area contributed by atoms with Crippen molar-refractivity contribution in [2.45, 2.75) is 128 Å². The van der Waals surface area contributed by atoms with Gasteiger partial charge in [0.2, 0.25) is 0 Å². The van der Waals surface area contributed by atoms with Crippen molar-refractivity contribution in [3.8, 4) is 0 Å². The molecule has 0 rings (SSSR count). The Morgan fingerprint density at radius 3 is 1.68 bits per heavy atom. The smallest absolute Gasteiger partial charge is 0.305 e. The van der Waals surface area contributed by atoms with Crippen molar-refractivity contribution in [3.05, 3.63) is 0 Å². The van der Waals surface area contributed by atoms with Gasteiger partial charge in [-0.1, -0.05) is 90.9 Å². The lowest BCUT2D eigenvalue weighted by atomic mass is 10.0. The van der Waals surface area contributed by atoms with Crippen molar-refractivity contribution < 1.29 is 17.9 Å². The van der Waals surface area contributed by atoms with E-state index in [4.69, 9.17) is 0 Å². The minimum Gasteiger partial charge on any atom is -0.469 e. The predicted molar refractivity (Wildman–Crippen MR) is 119 cm³/mol. The molecule has 0 bridgehead atoms. The number of sulfone groups is 1. The van der Waals surface area contributed by atoms with Gasteiger partial charge in [0.25, 0.3) is 0 Å². The molecule has 168 valence electrons. The van der Waals surface area contributed by atoms with Gasteiger partial charge in [-0.15, -0.1) is 0 Å². The van der Waals surface area contributed by atoms with E-state index in [-0.39, 0.29) is 11.2 Å². The average molecular weight is 419 g/mol. The fraction of sp³-hybridized carbons (Fsp3) is 0.957. The van der Waals surface area contributed by atoms with Gasteiger partial charge in [-0.25, -0.2) is 8.42 Å². The fourth-order valence-corrected chi connectivity index (χ4v) is 5.69. The summed E-state index contributed by atoms with van der Waals surface area (Å²) in [7, 11) is -1.52. The molecule has 0 saturated heterocycles. The molecule has 0 amide bonds. The van der Waals surface area contributed by atoms with Crippen LogP contribution < -0.4 is 0 Å². The molecule has 4 nitrogen and oxygen atoms in total. The van der Waals surface area contributed by atoms with Gasteiger partial charge in [0.05, 0.1) is 18.1 Å². The van der Waals surface area contributed by atoms with Crippen LogP contribution in [0.5, 0.6) is 0 Å². The zero-order valence-corrected chi connectivity index (χ0v) is 19.7. The first-order chi connectivity index (χ1) is 13.5. The number of hydrogen-bond donors (Lipinski definition) is 0. The number of hydrogen-bond acceptors (Lipinski definition) is 4. The van der Waals surface area contributed by atoms with Crippen molar-refractivity contribution in [1.82, 2.24) is 0 Å². The molecule has 5 heteroatoms. The van der Waals surface area contributed by atoms with Crippen molar-refractivity contribution >= 4 is 15.8 Å². The fourth-order valence-electron chi connectivity index (χ4n) is 3.62. The van der Waals surface area contributed by atoms with Gasteiger partial charge in [-0.3, -0.25) is 4.79 Å². The van der Waals surface area contributed by atoms with Gasteiger partial charge < -0.3 is 4.74 Å². The molecule has 1 atom stereocenters. The van der Waals surface area contributed by atoms with Crippen LogP contribution >= 0.6 is 0 Å². The maximum Gasteiger partial charge on any atom is 0.305 e. The molecule has 0 fully saturated rings. The molecule has 0 aliphatic rings. The van der Waals surface area contributed by atoms with Gasteiger partial charge in [-0.05, 0) is 25.7 Å². The Kier molecular flexibility index (Phi) is 18.1. The third kappa shape index (κ3) is 15.4. The first-order valence-corrected chi connectivity index (χ1v) is 13.5. The number of rotatable bonds is 20. The third-order valence-corrected chi connectivity index (χ3v) is 7.90. The molecule has 0 N–H and O–H groups in total. The van der Waals surface area contributed by atoms with Crippen molar-refractivity contribution in [3.63, 3.8) is 0 Å². The number of unbranched alkanes of at least 4 members (excludes halogenated alkanes) is 11. The van der Waals surface area contributed by atoms with Gasteiger partial charge in [-0.2, -0.15) is 0 Å². The van der Waals surface area contributed by atoms with Crippen LogP contribution in [0.25, 0.3) is 0 Å². The Bertz CT molecular complexity index is 459. The lowest BCUT2D eigenvalue weighted by molar-refractivity contribution is -0.140. The van der Waals surface area contributed by atoms with E-state index >= 15 is 0 Å². The van der Waals surface area contributed by atoms with Gasteiger partial charge in [0.1, 0.15) is 0 Å². The zero-order chi connectivity index (χ0) is 21.1. The van der Waals surface area contributed by atoms with Crippen LogP contribution in [0.2, 0.25) is 0 Å². The molecule has 28 heavy (non-hydrogen) atoms. The van der Waals surface area contributed by atoms with Crippen LogP contribution in [0.4, 0.5) is 0 Å². The Labute approximate surface area is 175 Å². The number of ether oxygens (including phenoxy) is 1. The first kappa shape index (κ1) is 27.4. The van der Waals surface area contributed by atoms with Crippen LogP contribution in [0.15, 0.2) is 0 Å². The molecule has 0 aliphatic carbocycles. The molecular formula is C23H46O4S. The first-order valence-electron chi connectivity index (χ1n) is 11.8. The maximum atomic E-state index is 12.7. The van der Waals surface area contributed by atoms with Crippen molar-refractivity contribution in [2.75, 3.05) is 12.9 Å². The molecule has 1 unspecified atom stereocenters. The normalized spacial score (nSPS) is 12.8. The van der Waals surface area contributed by atoms with E-state index in [9.17, 15) is 13.2 Å². The van der Waals surface area contributed by atoms with Crippen LogP contribution in [0.1, 0.15) is 123 Å². The standard InChI is InChI=1S/C23H46O4S/c1-4-6-8-9-12-15-18-22(28(25,26)21-7-5-2)19-16-13-10-11-14-17-20-23(24)27-3/h22H,4-21H2,1-3H3. The second kappa shape index (κ2) is 18.4. The number of esters is 1. The lowest BCUT2D eigenvalue weighted by Gasteiger charge is -2.18. The Morgan fingerprint density at radius 2 is 1.18 bits per heavy atom. The summed E-state index contributed by atoms with van der Waals surface area (Å²) in [5.41, 5.74) is 0. The largest absolute Gasteiger partial charge is 0.469 e. The molecule has 0 heterocycles. The van der Waals surface area contributed by atoms with Gasteiger partial charge in [0.15, 0.2) is 9.84 Å². The Balaban J connectivity index is 4.11. The SMILES string of the molecule is CCCCCCCCC(CCCCCCCCC(=O)OC)S(=O)(=O)CCCC. The highest BCUT2D eigenvalue weighted by molar-refractivity contribution is 7.92. The highest BCUT2D eigenvalue weighted by Crippen LogP contribution is 2.21. The van der Waals surface area contributed by atoms with Crippen LogP contribution in [0.3, 0.4) is 0 Å². The van der Waals surface area contributed by atoms with E-state index in [1.807, 2.05) is 0 Å². The topological polar surface area (TPSA) is 60.4 Å². The van der Waals surface area contributed by atoms with Crippen LogP contribution in [-0.2, 0) is 19.4 Å². The summed E-state index contributed by atoms with van der Waals surface area (Å²) in [4.78, 5) is 11.1. The molecule has 0 aliphatic heterocycles. The molecule has 0 aromatic carbocycles. The van der Waals surface area contributed by atoms with E-state index < -0.39 is 9.84 Å². The predicted octanol–water partition coefficient (Wildman–Crippen LogP) is 6.61.